The van der Waals surface area contributed by atoms with Crippen LogP contribution in [-0.2, 0) is 19.1 Å². The second-order valence-corrected chi connectivity index (χ2v) is 16.0. The van der Waals surface area contributed by atoms with Crippen molar-refractivity contribution in [3.05, 3.63) is 83.3 Å². The Morgan fingerprint density at radius 1 is 0.758 bits per heavy atom. The number of unbranched alkanes of at least 4 members (excludes halogenated alkanes) is 10. The summed E-state index contributed by atoms with van der Waals surface area (Å²) in [7, 11) is 0. The van der Waals surface area contributed by atoms with E-state index in [1.807, 2.05) is 0 Å². The van der Waals surface area contributed by atoms with Gasteiger partial charge >= 0.3 is 11.9 Å². The van der Waals surface area contributed by atoms with Crippen LogP contribution in [0.25, 0.3) is 0 Å². The third-order valence-electron chi connectivity index (χ3n) is 10.6. The Labute approximate surface area is 370 Å². The van der Waals surface area contributed by atoms with Crippen LogP contribution in [-0.4, -0.2) is 62.4 Å². The molecule has 0 heterocycles. The lowest BCUT2D eigenvalue weighted by Crippen LogP contribution is -2.38. The molecule has 1 aromatic carbocycles. The fourth-order valence-electron chi connectivity index (χ4n) is 6.88. The largest absolute Gasteiger partial charge is 0.488 e. The van der Waals surface area contributed by atoms with E-state index in [2.05, 4.69) is 84.2 Å². The standard InChI is InChI=1S/C49H69N7O6/c1-8-10-12-14-16-18-24-56(25-19-17-15-13-11-9-2)41-21-23-42(38(7)30-41)52-54-44-32-47(60-27-29-62-49(58)37(5)6)45(33-46(44)59-26-28-61-48(57)36(3)4)55-53-43-22-20-39(34-50)31-40(43)35-51/h20-23,32-33,39,41,52,54H,3,5,8-19,24-31H2,1-2,4,6-7H3/b55-53+. The van der Waals surface area contributed by atoms with Crippen LogP contribution >= 0.6 is 0 Å². The number of hydrogen-bond acceptors (Lipinski definition) is 13. The van der Waals surface area contributed by atoms with E-state index in [1.165, 1.54) is 82.6 Å². The van der Waals surface area contributed by atoms with E-state index in [-0.39, 0.29) is 55.4 Å². The van der Waals surface area contributed by atoms with E-state index >= 15 is 0 Å². The number of carbonyl (C=O) groups is 2. The number of nitriles is 2. The first-order valence-electron chi connectivity index (χ1n) is 22.4. The number of hydrazine groups is 1. The zero-order chi connectivity index (χ0) is 45.1. The van der Waals surface area contributed by atoms with Crippen molar-refractivity contribution >= 4 is 23.3 Å². The average Bonchev–Trinajstić information content (AvgIpc) is 3.27. The summed E-state index contributed by atoms with van der Waals surface area (Å²) < 4.78 is 22.8. The first-order valence-corrected chi connectivity index (χ1v) is 22.4. The molecule has 2 N–H and O–H groups in total. The Hall–Kier alpha value is -5.66. The van der Waals surface area contributed by atoms with Crippen LogP contribution < -0.4 is 20.3 Å². The highest BCUT2D eigenvalue weighted by molar-refractivity contribution is 5.87. The van der Waals surface area contributed by atoms with Gasteiger partial charge in [0.25, 0.3) is 0 Å². The molecule has 0 aliphatic heterocycles. The second kappa shape index (κ2) is 28.8. The first kappa shape index (κ1) is 50.7. The van der Waals surface area contributed by atoms with Crippen LogP contribution in [0, 0.1) is 28.6 Å². The third kappa shape index (κ3) is 18.1. The molecule has 13 nitrogen and oxygen atoms in total. The summed E-state index contributed by atoms with van der Waals surface area (Å²) in [6.45, 7) is 19.2. The molecule has 336 valence electrons. The van der Waals surface area contributed by atoms with Gasteiger partial charge in [-0.2, -0.15) is 10.5 Å². The highest BCUT2D eigenvalue weighted by atomic mass is 16.6. The van der Waals surface area contributed by atoms with Crippen molar-refractivity contribution in [1.29, 1.82) is 10.5 Å². The van der Waals surface area contributed by atoms with Gasteiger partial charge in [0.15, 0.2) is 0 Å². The number of allylic oxidation sites excluding steroid dienone is 4. The number of nitrogens with zero attached hydrogens (tertiary/aromatic N) is 5. The van der Waals surface area contributed by atoms with E-state index in [4.69, 9.17) is 18.9 Å². The quantitative estimate of drug-likeness (QED) is 0.0248. The summed E-state index contributed by atoms with van der Waals surface area (Å²) in [6, 6.07) is 7.92. The normalized spacial score (nSPS) is 15.9. The lowest BCUT2D eigenvalue weighted by molar-refractivity contribution is -0.140. The van der Waals surface area contributed by atoms with Gasteiger partial charge in [0.1, 0.15) is 43.6 Å². The minimum atomic E-state index is -0.536. The molecule has 0 bridgehead atoms. The lowest BCUT2D eigenvalue weighted by atomic mass is 9.94. The van der Waals surface area contributed by atoms with Gasteiger partial charge in [-0.1, -0.05) is 103 Å². The summed E-state index contributed by atoms with van der Waals surface area (Å²) in [4.78, 5) is 26.8. The molecule has 2 atom stereocenters. The number of carbonyl (C=O) groups excluding carboxylic acids is 2. The molecular formula is C49H69N7O6. The number of benzene rings is 1. The number of anilines is 1. The summed E-state index contributed by atoms with van der Waals surface area (Å²) in [5.74, 6) is -0.867. The molecule has 3 rings (SSSR count). The van der Waals surface area contributed by atoms with E-state index in [0.29, 0.717) is 28.7 Å². The molecule has 2 unspecified atom stereocenters. The van der Waals surface area contributed by atoms with Gasteiger partial charge in [-0.05, 0) is 70.8 Å². The number of rotatable bonds is 30. The van der Waals surface area contributed by atoms with Crippen LogP contribution in [0.15, 0.2) is 93.5 Å². The molecule has 0 fully saturated rings. The maximum absolute atomic E-state index is 12.1. The van der Waals surface area contributed by atoms with Gasteiger partial charge in [0.05, 0.1) is 40.7 Å². The molecule has 13 heteroatoms. The molecule has 0 radical (unpaired) electrons. The Kier molecular flexibility index (Phi) is 23.5. The molecule has 0 saturated heterocycles. The molecular weight excluding hydrogens is 783 g/mol. The van der Waals surface area contributed by atoms with Crippen molar-refractivity contribution in [1.82, 2.24) is 10.3 Å². The lowest BCUT2D eigenvalue weighted by Gasteiger charge is -2.33. The van der Waals surface area contributed by atoms with Crippen LogP contribution in [0.5, 0.6) is 11.5 Å². The van der Waals surface area contributed by atoms with E-state index in [9.17, 15) is 20.1 Å². The van der Waals surface area contributed by atoms with Crippen LogP contribution in [0.4, 0.5) is 11.4 Å². The molecule has 1 aromatic rings. The van der Waals surface area contributed by atoms with Gasteiger partial charge in [0, 0.05) is 35.7 Å². The van der Waals surface area contributed by atoms with Gasteiger partial charge in [-0.15, -0.1) is 10.2 Å². The number of azo groups is 1. The fraction of sp³-hybridized carbons (Fsp3) is 0.551. The molecule has 0 amide bonds. The predicted octanol–water partition coefficient (Wildman–Crippen LogP) is 11.2. The number of esters is 2. The van der Waals surface area contributed by atoms with Crippen molar-refractivity contribution in [2.24, 2.45) is 16.1 Å². The van der Waals surface area contributed by atoms with Crippen molar-refractivity contribution in [3.8, 4) is 23.6 Å². The Bertz CT molecular complexity index is 1880. The highest BCUT2D eigenvalue weighted by Gasteiger charge is 2.22. The maximum atomic E-state index is 12.1. The minimum absolute atomic E-state index is 0.0102. The SMILES string of the molecule is C=C(C)C(=O)OCCOc1cc(NNC2=C(C)CC(N(CCCCCCCC)CCCCCCCC)C=C2)c(OCCOC(=O)C(=C)C)cc1/N=N/C1=C(C#N)CC(C#N)C=C1. The molecule has 2 aliphatic rings. The van der Waals surface area contributed by atoms with Gasteiger partial charge in [0.2, 0.25) is 0 Å². The van der Waals surface area contributed by atoms with Crippen molar-refractivity contribution in [3.63, 3.8) is 0 Å². The average molecular weight is 852 g/mol. The molecule has 0 saturated carbocycles. The summed E-state index contributed by atoms with van der Waals surface area (Å²) in [6.07, 6.45) is 24.1. The topological polar surface area (TPSA) is 171 Å². The smallest absolute Gasteiger partial charge is 0.333 e. The minimum Gasteiger partial charge on any atom is -0.488 e. The van der Waals surface area contributed by atoms with E-state index in [1.54, 1.807) is 38.1 Å². The monoisotopic (exact) mass is 852 g/mol. The first-order chi connectivity index (χ1) is 30.0. The Balaban J connectivity index is 1.88. The van der Waals surface area contributed by atoms with E-state index in [0.717, 1.165) is 25.2 Å². The predicted molar refractivity (Wildman–Crippen MR) is 244 cm³/mol. The Morgan fingerprint density at radius 2 is 1.34 bits per heavy atom. The molecule has 0 spiro atoms. The van der Waals surface area contributed by atoms with Crippen LogP contribution in [0.1, 0.15) is 125 Å². The van der Waals surface area contributed by atoms with Gasteiger partial charge in [-0.3, -0.25) is 10.3 Å². The van der Waals surface area contributed by atoms with Crippen molar-refractivity contribution in [2.75, 3.05) is 44.9 Å². The molecule has 62 heavy (non-hydrogen) atoms. The highest BCUT2D eigenvalue weighted by Crippen LogP contribution is 2.39. The van der Waals surface area contributed by atoms with Gasteiger partial charge in [-0.25, -0.2) is 9.59 Å². The summed E-state index contributed by atoms with van der Waals surface area (Å²) in [5, 5.41) is 28.0. The zero-order valence-corrected chi connectivity index (χ0v) is 37.9. The summed E-state index contributed by atoms with van der Waals surface area (Å²) in [5.41, 5.74) is 10.7. The number of ether oxygens (including phenoxy) is 4. The second-order valence-electron chi connectivity index (χ2n) is 16.0. The van der Waals surface area contributed by atoms with Crippen LogP contribution in [0.3, 0.4) is 0 Å². The van der Waals surface area contributed by atoms with E-state index < -0.39 is 17.9 Å². The maximum Gasteiger partial charge on any atom is 0.333 e. The van der Waals surface area contributed by atoms with Crippen LogP contribution in [0.2, 0.25) is 0 Å². The summed E-state index contributed by atoms with van der Waals surface area (Å²) >= 11 is 0. The van der Waals surface area contributed by atoms with Crippen molar-refractivity contribution in [2.45, 2.75) is 131 Å². The zero-order valence-electron chi connectivity index (χ0n) is 37.9. The number of nitrogens with one attached hydrogen (secondary N) is 2. The van der Waals surface area contributed by atoms with Gasteiger partial charge < -0.3 is 24.4 Å². The molecule has 0 aromatic heterocycles. The molecule has 2 aliphatic carbocycles. The number of hydrogen-bond donors (Lipinski definition) is 2. The third-order valence-corrected chi connectivity index (χ3v) is 10.6. The fourth-order valence-corrected chi connectivity index (χ4v) is 6.88. The Morgan fingerprint density at radius 3 is 1.89 bits per heavy atom. The van der Waals surface area contributed by atoms with Crippen molar-refractivity contribution < 1.29 is 28.5 Å².